The molecule has 0 fully saturated rings. The number of hydrogen-bond acceptors (Lipinski definition) is 4. The van der Waals surface area contributed by atoms with Gasteiger partial charge in [-0.05, 0) is 29.5 Å². The van der Waals surface area contributed by atoms with Crippen LogP contribution in [0.5, 0.6) is 0 Å². The molecule has 0 aliphatic carbocycles. The Morgan fingerprint density at radius 3 is 2.65 bits per heavy atom. The van der Waals surface area contributed by atoms with Gasteiger partial charge in [0.15, 0.2) is 0 Å². The first-order valence-electron chi connectivity index (χ1n) is 6.49. The van der Waals surface area contributed by atoms with Gasteiger partial charge in [-0.1, -0.05) is 26.0 Å². The fraction of sp³-hybridized carbons (Fsp3) is 0.571. The number of aliphatic hydroxyl groups excluding tert-OH is 1. The molecule has 6 heteroatoms. The predicted molar refractivity (Wildman–Crippen MR) is 77.8 cm³/mol. The summed E-state index contributed by atoms with van der Waals surface area (Å²) in [6.45, 7) is 4.72. The van der Waals surface area contributed by atoms with E-state index < -0.39 is 10.0 Å². The largest absolute Gasteiger partial charge is 0.392 e. The molecule has 0 atom stereocenters. The molecule has 0 amide bonds. The van der Waals surface area contributed by atoms with E-state index >= 15 is 0 Å². The molecule has 0 unspecified atom stereocenters. The Morgan fingerprint density at radius 1 is 1.35 bits per heavy atom. The average molecular weight is 301 g/mol. The van der Waals surface area contributed by atoms with E-state index in [4.69, 9.17) is 9.84 Å². The Kier molecular flexibility index (Phi) is 6.13. The Hall–Kier alpha value is -0.950. The van der Waals surface area contributed by atoms with Crippen molar-refractivity contribution in [3.8, 4) is 0 Å². The Morgan fingerprint density at radius 2 is 2.05 bits per heavy atom. The first-order chi connectivity index (χ1) is 9.30. The average Bonchev–Trinajstić information content (AvgIpc) is 2.43. The van der Waals surface area contributed by atoms with E-state index in [0.717, 1.165) is 6.42 Å². The molecule has 114 valence electrons. The number of methoxy groups -OCH3 is 1. The third-order valence-electron chi connectivity index (χ3n) is 3.12. The van der Waals surface area contributed by atoms with Crippen molar-refractivity contribution < 1.29 is 18.3 Å². The van der Waals surface area contributed by atoms with Crippen LogP contribution in [-0.2, 0) is 21.4 Å². The molecule has 1 aromatic rings. The summed E-state index contributed by atoms with van der Waals surface area (Å²) >= 11 is 0. The fourth-order valence-electron chi connectivity index (χ4n) is 1.65. The van der Waals surface area contributed by atoms with Gasteiger partial charge in [0.2, 0.25) is 10.0 Å². The van der Waals surface area contributed by atoms with Crippen molar-refractivity contribution in [2.45, 2.75) is 31.8 Å². The normalized spacial score (nSPS) is 12.6. The lowest BCUT2D eigenvalue weighted by atomic mass is 9.90. The van der Waals surface area contributed by atoms with Gasteiger partial charge in [-0.25, -0.2) is 13.1 Å². The summed E-state index contributed by atoms with van der Waals surface area (Å²) in [7, 11) is -1.93. The maximum atomic E-state index is 12.2. The van der Waals surface area contributed by atoms with E-state index in [2.05, 4.69) is 4.72 Å². The lowest BCUT2D eigenvalue weighted by Gasteiger charge is -2.24. The van der Waals surface area contributed by atoms with Crippen molar-refractivity contribution in [3.63, 3.8) is 0 Å². The molecule has 0 spiro atoms. The number of ether oxygens (including phenoxy) is 1. The minimum absolute atomic E-state index is 0.173. The van der Waals surface area contributed by atoms with E-state index in [0.29, 0.717) is 18.7 Å². The van der Waals surface area contributed by atoms with Gasteiger partial charge < -0.3 is 9.84 Å². The molecule has 0 heterocycles. The van der Waals surface area contributed by atoms with Crippen LogP contribution in [0, 0.1) is 5.41 Å². The van der Waals surface area contributed by atoms with Crippen LogP contribution in [0.15, 0.2) is 29.2 Å². The molecule has 0 saturated heterocycles. The number of rotatable bonds is 8. The molecule has 0 saturated carbocycles. The molecule has 0 radical (unpaired) electrons. The Bertz CT molecular complexity index is 526. The quantitative estimate of drug-likeness (QED) is 0.763. The number of benzene rings is 1. The zero-order chi connectivity index (χ0) is 15.2. The molecule has 0 aliphatic rings. The fourth-order valence-corrected chi connectivity index (χ4v) is 2.96. The van der Waals surface area contributed by atoms with Gasteiger partial charge in [0.1, 0.15) is 0 Å². The van der Waals surface area contributed by atoms with Gasteiger partial charge in [0.05, 0.1) is 11.5 Å². The van der Waals surface area contributed by atoms with Gasteiger partial charge in [-0.3, -0.25) is 0 Å². The summed E-state index contributed by atoms with van der Waals surface area (Å²) in [4.78, 5) is 0.173. The number of aliphatic hydroxyl groups is 1. The highest BCUT2D eigenvalue weighted by Crippen LogP contribution is 2.20. The second-order valence-corrected chi connectivity index (χ2v) is 7.30. The minimum Gasteiger partial charge on any atom is -0.392 e. The second-order valence-electron chi connectivity index (χ2n) is 5.54. The van der Waals surface area contributed by atoms with Crippen molar-refractivity contribution >= 4 is 10.0 Å². The molecule has 1 aromatic carbocycles. The first-order valence-corrected chi connectivity index (χ1v) is 7.97. The summed E-state index contributed by atoms with van der Waals surface area (Å²) in [6, 6.07) is 6.30. The monoisotopic (exact) mass is 301 g/mol. The number of nitrogens with one attached hydrogen (secondary N) is 1. The zero-order valence-corrected chi connectivity index (χ0v) is 13.0. The molecular formula is C14H23NO4S. The van der Waals surface area contributed by atoms with E-state index in [1.54, 1.807) is 19.2 Å². The van der Waals surface area contributed by atoms with E-state index in [9.17, 15) is 8.42 Å². The van der Waals surface area contributed by atoms with E-state index in [1.165, 1.54) is 12.1 Å². The van der Waals surface area contributed by atoms with Crippen LogP contribution in [0.4, 0.5) is 0 Å². The summed E-state index contributed by atoms with van der Waals surface area (Å²) in [5.74, 6) is 0. The standard InChI is InChI=1S/C14H23NO4S/c1-14(2,7-8-19-3)11-15-20(17,18)13-6-4-5-12(9-13)10-16/h4-6,9,15-16H,7-8,10-11H2,1-3H3. The van der Waals surface area contributed by atoms with Gasteiger partial charge >= 0.3 is 0 Å². The van der Waals surface area contributed by atoms with Crippen LogP contribution in [0.2, 0.25) is 0 Å². The lowest BCUT2D eigenvalue weighted by Crippen LogP contribution is -2.34. The minimum atomic E-state index is -3.55. The van der Waals surface area contributed by atoms with Crippen LogP contribution < -0.4 is 4.72 Å². The molecular weight excluding hydrogens is 278 g/mol. The van der Waals surface area contributed by atoms with Crippen molar-refractivity contribution in [2.75, 3.05) is 20.3 Å². The van der Waals surface area contributed by atoms with E-state index in [1.807, 2.05) is 13.8 Å². The summed E-state index contributed by atoms with van der Waals surface area (Å²) < 4.78 is 32.0. The Labute approximate surface area is 121 Å². The molecule has 5 nitrogen and oxygen atoms in total. The van der Waals surface area contributed by atoms with Crippen LogP contribution in [0.3, 0.4) is 0 Å². The van der Waals surface area contributed by atoms with Crippen molar-refractivity contribution in [3.05, 3.63) is 29.8 Å². The van der Waals surface area contributed by atoms with Gasteiger partial charge in [0.25, 0.3) is 0 Å². The third-order valence-corrected chi connectivity index (χ3v) is 4.51. The number of hydrogen-bond donors (Lipinski definition) is 2. The molecule has 2 N–H and O–H groups in total. The number of sulfonamides is 1. The molecule has 0 bridgehead atoms. The summed E-state index contributed by atoms with van der Waals surface area (Å²) in [5.41, 5.74) is 0.393. The SMILES string of the molecule is COCCC(C)(C)CNS(=O)(=O)c1cccc(CO)c1. The molecule has 1 rings (SSSR count). The molecule has 20 heavy (non-hydrogen) atoms. The van der Waals surface area contributed by atoms with Crippen molar-refractivity contribution in [2.24, 2.45) is 5.41 Å². The highest BCUT2D eigenvalue weighted by Gasteiger charge is 2.22. The third kappa shape index (κ3) is 5.20. The maximum Gasteiger partial charge on any atom is 0.240 e. The van der Waals surface area contributed by atoms with Gasteiger partial charge in [0, 0.05) is 20.3 Å². The van der Waals surface area contributed by atoms with Crippen LogP contribution in [0.1, 0.15) is 25.8 Å². The van der Waals surface area contributed by atoms with E-state index in [-0.39, 0.29) is 16.9 Å². The zero-order valence-electron chi connectivity index (χ0n) is 12.2. The van der Waals surface area contributed by atoms with Crippen LogP contribution >= 0.6 is 0 Å². The predicted octanol–water partition coefficient (Wildman–Crippen LogP) is 1.52. The van der Waals surface area contributed by atoms with Crippen molar-refractivity contribution in [1.29, 1.82) is 0 Å². The van der Waals surface area contributed by atoms with Crippen molar-refractivity contribution in [1.82, 2.24) is 4.72 Å². The van der Waals surface area contributed by atoms with Gasteiger partial charge in [-0.2, -0.15) is 0 Å². The Balaban J connectivity index is 2.74. The van der Waals surface area contributed by atoms with Gasteiger partial charge in [-0.15, -0.1) is 0 Å². The maximum absolute atomic E-state index is 12.2. The molecule has 0 aliphatic heterocycles. The van der Waals surface area contributed by atoms with Crippen LogP contribution in [0.25, 0.3) is 0 Å². The highest BCUT2D eigenvalue weighted by atomic mass is 32.2. The lowest BCUT2D eigenvalue weighted by molar-refractivity contribution is 0.153. The summed E-state index contributed by atoms with van der Waals surface area (Å²) in [6.07, 6.45) is 0.767. The smallest absolute Gasteiger partial charge is 0.240 e. The second kappa shape index (κ2) is 7.17. The summed E-state index contributed by atoms with van der Waals surface area (Å²) in [5, 5.41) is 9.05. The highest BCUT2D eigenvalue weighted by molar-refractivity contribution is 7.89. The first kappa shape index (κ1) is 17.1. The molecule has 0 aromatic heterocycles. The van der Waals surface area contributed by atoms with Crippen LogP contribution in [-0.4, -0.2) is 33.8 Å². The topological polar surface area (TPSA) is 75.6 Å².